The van der Waals surface area contributed by atoms with Crippen molar-refractivity contribution in [2.75, 3.05) is 11.6 Å². The molecule has 1 aliphatic heterocycles. The lowest BCUT2D eigenvalue weighted by molar-refractivity contribution is -0.131. The number of rotatable bonds is 9. The van der Waals surface area contributed by atoms with E-state index in [2.05, 4.69) is 107 Å². The van der Waals surface area contributed by atoms with Crippen molar-refractivity contribution in [3.63, 3.8) is 0 Å². The molecule has 1 aromatic heterocycles. The molecule has 1 fully saturated rings. The summed E-state index contributed by atoms with van der Waals surface area (Å²) in [6, 6.07) is 43.1. The van der Waals surface area contributed by atoms with Crippen molar-refractivity contribution in [2.24, 2.45) is 5.73 Å². The van der Waals surface area contributed by atoms with Gasteiger partial charge in [0.2, 0.25) is 5.78 Å². The van der Waals surface area contributed by atoms with Crippen molar-refractivity contribution < 1.29 is 9.59 Å². The number of nitrogens with zero attached hydrogens (tertiary/aromatic N) is 3. The van der Waals surface area contributed by atoms with Crippen LogP contribution < -0.4 is 10.6 Å². The molecule has 2 heterocycles. The number of carbonyl (C=O) groups is 2. The van der Waals surface area contributed by atoms with Gasteiger partial charge in [0, 0.05) is 23.6 Å². The average Bonchev–Trinajstić information content (AvgIpc) is 3.37. The lowest BCUT2D eigenvalue weighted by atomic mass is 9.65. The number of carbonyl (C=O) groups excluding carboxylic acids is 2. The van der Waals surface area contributed by atoms with Gasteiger partial charge in [-0.3, -0.25) is 19.5 Å². The maximum Gasteiger partial charge on any atom is 0.219 e. The summed E-state index contributed by atoms with van der Waals surface area (Å²) < 4.78 is 0. The second-order valence-corrected chi connectivity index (χ2v) is 11.8. The Labute approximate surface area is 258 Å². The third-order valence-corrected chi connectivity index (χ3v) is 9.05. The highest BCUT2D eigenvalue weighted by Gasteiger charge is 2.52. The van der Waals surface area contributed by atoms with Gasteiger partial charge < -0.3 is 10.6 Å². The summed E-state index contributed by atoms with van der Waals surface area (Å²) in [5.74, 6) is -0.476. The minimum Gasteiger partial charge on any atom is -0.346 e. The molecule has 5 aromatic rings. The maximum absolute atomic E-state index is 13.2. The monoisotopic (exact) mass is 580 g/mol. The van der Waals surface area contributed by atoms with E-state index in [-0.39, 0.29) is 0 Å². The van der Waals surface area contributed by atoms with E-state index in [1.54, 1.807) is 12.4 Å². The van der Waals surface area contributed by atoms with Crippen LogP contribution in [0.3, 0.4) is 0 Å². The van der Waals surface area contributed by atoms with Crippen molar-refractivity contribution in [1.82, 2.24) is 9.88 Å². The van der Waals surface area contributed by atoms with Crippen molar-refractivity contribution >= 4 is 17.8 Å². The zero-order valence-electron chi connectivity index (χ0n) is 25.0. The average molecular weight is 581 g/mol. The second-order valence-electron chi connectivity index (χ2n) is 11.8. The fourth-order valence-electron chi connectivity index (χ4n) is 6.92. The quantitative estimate of drug-likeness (QED) is 0.129. The fraction of sp³-hybridized carbons (Fsp3) is 0.184. The van der Waals surface area contributed by atoms with E-state index in [1.165, 1.54) is 0 Å². The Hall–Kier alpha value is -4.91. The van der Waals surface area contributed by atoms with Crippen LogP contribution in [0.1, 0.15) is 47.8 Å². The van der Waals surface area contributed by atoms with Gasteiger partial charge in [-0.05, 0) is 65.9 Å². The summed E-state index contributed by atoms with van der Waals surface area (Å²) in [7, 11) is 0. The molecule has 2 N–H and O–H groups in total. The van der Waals surface area contributed by atoms with Gasteiger partial charge >= 0.3 is 0 Å². The van der Waals surface area contributed by atoms with Gasteiger partial charge in [-0.25, -0.2) is 0 Å². The summed E-state index contributed by atoms with van der Waals surface area (Å²) in [6.45, 7) is 4.32. The first-order valence-corrected chi connectivity index (χ1v) is 14.8. The topological polar surface area (TPSA) is 79.5 Å². The van der Waals surface area contributed by atoms with Crippen LogP contribution >= 0.6 is 0 Å². The lowest BCUT2D eigenvalue weighted by Gasteiger charge is -2.37. The maximum atomic E-state index is 13.2. The van der Waals surface area contributed by atoms with Gasteiger partial charge in [-0.2, -0.15) is 0 Å². The van der Waals surface area contributed by atoms with Crippen LogP contribution in [0.5, 0.6) is 0 Å². The van der Waals surface area contributed by atoms with E-state index < -0.39 is 28.9 Å². The van der Waals surface area contributed by atoms with E-state index >= 15 is 0 Å². The molecule has 6 nitrogen and oxygen atoms in total. The Morgan fingerprint density at radius 2 is 1.23 bits per heavy atom. The molecule has 6 rings (SSSR count). The highest BCUT2D eigenvalue weighted by atomic mass is 16.2. The van der Waals surface area contributed by atoms with Gasteiger partial charge in [0.25, 0.3) is 0 Å². The van der Waals surface area contributed by atoms with Crippen molar-refractivity contribution in [3.8, 4) is 0 Å². The molecule has 0 radical (unpaired) electrons. The number of ketones is 1. The number of anilines is 1. The number of hydrogen-bond donors (Lipinski definition) is 1. The predicted molar refractivity (Wildman–Crippen MR) is 174 cm³/mol. The molecule has 1 saturated heterocycles. The Morgan fingerprint density at radius 3 is 1.68 bits per heavy atom. The van der Waals surface area contributed by atoms with Crippen molar-refractivity contribution in [3.05, 3.63) is 168 Å². The van der Waals surface area contributed by atoms with Crippen molar-refractivity contribution in [1.29, 1.82) is 0 Å². The molecule has 0 spiro atoms. The third-order valence-electron chi connectivity index (χ3n) is 9.05. The predicted octanol–water partition coefficient (Wildman–Crippen LogP) is 6.12. The van der Waals surface area contributed by atoms with Gasteiger partial charge in [-0.15, -0.1) is 0 Å². The Bertz CT molecular complexity index is 1610. The number of pyridine rings is 1. The largest absolute Gasteiger partial charge is 0.346 e. The molecule has 4 aromatic carbocycles. The van der Waals surface area contributed by atoms with Gasteiger partial charge in [0.05, 0.1) is 18.2 Å². The van der Waals surface area contributed by atoms with E-state index in [0.29, 0.717) is 13.0 Å². The molecule has 1 aliphatic rings. The molecule has 2 unspecified atom stereocenters. The standard InChI is InChI=1S/C38H36N4O2/c1-37(2)35(34(44)26-43)41(27-42(37)36(39)28-22-24-40-25-23-28)33-20-18-32(19-21-33)38(29-12-6-3-7-13-29,30-14-8-4-9-15-30)31-16-10-5-11-17-31/h3-26,35-36H,27,39H2,1-2H3. The fourth-order valence-corrected chi connectivity index (χ4v) is 6.92. The number of benzene rings is 4. The molecule has 6 heteroatoms. The minimum atomic E-state index is -0.721. The molecule has 0 aliphatic carbocycles. The Balaban J connectivity index is 1.47. The molecule has 44 heavy (non-hydrogen) atoms. The van der Waals surface area contributed by atoms with Gasteiger partial charge in [-0.1, -0.05) is 103 Å². The van der Waals surface area contributed by atoms with Crippen molar-refractivity contribution in [2.45, 2.75) is 37.0 Å². The molecule has 0 amide bonds. The van der Waals surface area contributed by atoms with Gasteiger partial charge in [0.15, 0.2) is 6.29 Å². The zero-order chi connectivity index (χ0) is 30.7. The SMILES string of the molecule is CC1(C)C(C(=O)C=O)N(c2ccc(C(c3ccccc3)(c3ccccc3)c3ccccc3)cc2)CN1C(N)c1ccncc1. The number of Topliss-reactive ketones (excluding diaryl/α,β-unsaturated/α-hetero) is 1. The summed E-state index contributed by atoms with van der Waals surface area (Å²) in [5.41, 5.74) is 11.7. The minimum absolute atomic E-state index is 0.376. The lowest BCUT2D eigenvalue weighted by Crippen LogP contribution is -2.53. The van der Waals surface area contributed by atoms with Crippen LogP contribution in [0, 0.1) is 0 Å². The molecular weight excluding hydrogens is 544 g/mol. The normalized spacial score (nSPS) is 17.2. The number of hydrogen-bond acceptors (Lipinski definition) is 6. The number of nitrogens with two attached hydrogens (primary N) is 1. The zero-order valence-corrected chi connectivity index (χ0v) is 25.0. The van der Waals surface area contributed by atoms with Crippen LogP contribution in [0.4, 0.5) is 5.69 Å². The first kappa shape index (κ1) is 29.2. The van der Waals surface area contributed by atoms with Crippen LogP contribution in [0.15, 0.2) is 140 Å². The van der Waals surface area contributed by atoms with Crippen LogP contribution in [0.2, 0.25) is 0 Å². The summed E-state index contributed by atoms with van der Waals surface area (Å²) in [6.07, 6.45) is 3.37. The second kappa shape index (κ2) is 12.0. The van der Waals surface area contributed by atoms with Gasteiger partial charge in [0.1, 0.15) is 6.04 Å². The smallest absolute Gasteiger partial charge is 0.219 e. The van der Waals surface area contributed by atoms with E-state index in [4.69, 9.17) is 5.73 Å². The third kappa shape index (κ3) is 4.92. The molecule has 0 bridgehead atoms. The molecule has 220 valence electrons. The van der Waals surface area contributed by atoms with E-state index in [0.717, 1.165) is 33.5 Å². The number of aldehydes is 1. The molecule has 2 atom stereocenters. The highest BCUT2D eigenvalue weighted by molar-refractivity contribution is 6.28. The van der Waals surface area contributed by atoms with Crippen LogP contribution in [-0.4, -0.2) is 40.2 Å². The number of aromatic nitrogens is 1. The molecular formula is C38H36N4O2. The molecule has 0 saturated carbocycles. The van der Waals surface area contributed by atoms with E-state index in [1.807, 2.05) is 49.1 Å². The van der Waals surface area contributed by atoms with Crippen LogP contribution in [0.25, 0.3) is 0 Å². The summed E-state index contributed by atoms with van der Waals surface area (Å²) in [4.78, 5) is 33.3. The summed E-state index contributed by atoms with van der Waals surface area (Å²) >= 11 is 0. The first-order chi connectivity index (χ1) is 21.4. The Kier molecular flexibility index (Phi) is 7.95. The van der Waals surface area contributed by atoms with E-state index in [9.17, 15) is 9.59 Å². The highest BCUT2D eigenvalue weighted by Crippen LogP contribution is 2.46. The van der Waals surface area contributed by atoms with Crippen LogP contribution in [-0.2, 0) is 15.0 Å². The first-order valence-electron chi connectivity index (χ1n) is 14.8. The Morgan fingerprint density at radius 1 is 0.773 bits per heavy atom. The summed E-state index contributed by atoms with van der Waals surface area (Å²) in [5, 5.41) is 0.